The van der Waals surface area contributed by atoms with Gasteiger partial charge in [0.05, 0.1) is 5.51 Å². The molecule has 1 amide bonds. The summed E-state index contributed by atoms with van der Waals surface area (Å²) in [4.78, 5) is 18.0. The standard InChI is InChI=1S/C8H9BrN2OS3/c9-7-6(10-5-13-7)8(12)11-1-3-14-15-4-2-11/h5H,1-4H2. The number of carbonyl (C=O) groups is 1. The van der Waals surface area contributed by atoms with Crippen molar-refractivity contribution >= 4 is 54.8 Å². The molecule has 0 radical (unpaired) electrons. The van der Waals surface area contributed by atoms with Crippen LogP contribution in [0.2, 0.25) is 0 Å². The Labute approximate surface area is 109 Å². The Morgan fingerprint density at radius 3 is 2.60 bits per heavy atom. The molecule has 0 N–H and O–H groups in total. The van der Waals surface area contributed by atoms with E-state index in [4.69, 9.17) is 0 Å². The van der Waals surface area contributed by atoms with Gasteiger partial charge in [-0.05, 0) is 15.9 Å². The lowest BCUT2D eigenvalue weighted by Gasteiger charge is -2.18. The Bertz CT molecular complexity index is 349. The Balaban J connectivity index is 2.09. The van der Waals surface area contributed by atoms with Crippen molar-refractivity contribution < 1.29 is 4.79 Å². The average Bonchev–Trinajstić information content (AvgIpc) is 2.53. The van der Waals surface area contributed by atoms with Crippen LogP contribution in [0.4, 0.5) is 0 Å². The van der Waals surface area contributed by atoms with Crippen LogP contribution < -0.4 is 0 Å². The van der Waals surface area contributed by atoms with Gasteiger partial charge in [0.15, 0.2) is 5.69 Å². The molecule has 1 aliphatic heterocycles. The number of hydrogen-bond donors (Lipinski definition) is 0. The van der Waals surface area contributed by atoms with Gasteiger partial charge in [0.2, 0.25) is 0 Å². The van der Waals surface area contributed by atoms with E-state index in [-0.39, 0.29) is 5.91 Å². The number of halogens is 1. The van der Waals surface area contributed by atoms with Gasteiger partial charge in [-0.1, -0.05) is 21.6 Å². The third-order valence-corrected chi connectivity index (χ3v) is 5.90. The minimum absolute atomic E-state index is 0.0474. The number of amides is 1. The second kappa shape index (κ2) is 5.56. The fourth-order valence-corrected chi connectivity index (χ4v) is 4.25. The number of hydrogen-bond acceptors (Lipinski definition) is 5. The fourth-order valence-electron chi connectivity index (χ4n) is 1.25. The predicted molar refractivity (Wildman–Crippen MR) is 70.6 cm³/mol. The lowest BCUT2D eigenvalue weighted by Crippen LogP contribution is -2.34. The lowest BCUT2D eigenvalue weighted by molar-refractivity contribution is 0.0771. The van der Waals surface area contributed by atoms with E-state index < -0.39 is 0 Å². The van der Waals surface area contributed by atoms with Crippen molar-refractivity contribution in [1.82, 2.24) is 9.88 Å². The highest BCUT2D eigenvalue weighted by Crippen LogP contribution is 2.26. The van der Waals surface area contributed by atoms with Crippen molar-refractivity contribution in [1.29, 1.82) is 0 Å². The van der Waals surface area contributed by atoms with Gasteiger partial charge in [0, 0.05) is 24.6 Å². The first kappa shape index (κ1) is 11.8. The molecule has 2 rings (SSSR count). The Kier molecular flexibility index (Phi) is 4.36. The fraction of sp³-hybridized carbons (Fsp3) is 0.500. The number of rotatable bonds is 1. The van der Waals surface area contributed by atoms with Gasteiger partial charge < -0.3 is 4.90 Å². The summed E-state index contributed by atoms with van der Waals surface area (Å²) in [7, 11) is 3.66. The highest BCUT2D eigenvalue weighted by atomic mass is 79.9. The van der Waals surface area contributed by atoms with Crippen molar-refractivity contribution in [2.45, 2.75) is 0 Å². The summed E-state index contributed by atoms with van der Waals surface area (Å²) in [6, 6.07) is 0. The normalized spacial score (nSPS) is 17.5. The molecule has 3 nitrogen and oxygen atoms in total. The molecule has 1 aromatic rings. The topological polar surface area (TPSA) is 33.2 Å². The van der Waals surface area contributed by atoms with Crippen LogP contribution in [0.5, 0.6) is 0 Å². The summed E-state index contributed by atoms with van der Waals surface area (Å²) in [5, 5.41) is 0. The highest BCUT2D eigenvalue weighted by molar-refractivity contribution is 9.11. The summed E-state index contributed by atoms with van der Waals surface area (Å²) in [6.45, 7) is 1.64. The van der Waals surface area contributed by atoms with E-state index in [2.05, 4.69) is 20.9 Å². The molecule has 0 aliphatic carbocycles. The molecule has 0 atom stereocenters. The first-order chi connectivity index (χ1) is 7.29. The summed E-state index contributed by atoms with van der Waals surface area (Å²) < 4.78 is 0.831. The molecule has 1 aliphatic rings. The lowest BCUT2D eigenvalue weighted by atomic mass is 10.4. The third kappa shape index (κ3) is 2.89. The van der Waals surface area contributed by atoms with Crippen LogP contribution >= 0.6 is 48.9 Å². The predicted octanol–water partition coefficient (Wildman–Crippen LogP) is 2.74. The van der Waals surface area contributed by atoms with Gasteiger partial charge >= 0.3 is 0 Å². The number of nitrogens with zero attached hydrogens (tertiary/aromatic N) is 2. The number of thiazole rings is 1. The van der Waals surface area contributed by atoms with E-state index in [0.717, 1.165) is 28.4 Å². The largest absolute Gasteiger partial charge is 0.336 e. The molecule has 1 fully saturated rings. The van der Waals surface area contributed by atoms with Crippen LogP contribution in [0, 0.1) is 0 Å². The van der Waals surface area contributed by atoms with E-state index >= 15 is 0 Å². The van der Waals surface area contributed by atoms with E-state index in [1.807, 2.05) is 26.5 Å². The summed E-state index contributed by atoms with van der Waals surface area (Å²) in [5.74, 6) is 2.04. The molecule has 2 heterocycles. The van der Waals surface area contributed by atoms with Crippen molar-refractivity contribution in [3.05, 3.63) is 15.0 Å². The minimum atomic E-state index is 0.0474. The molecule has 15 heavy (non-hydrogen) atoms. The molecule has 0 saturated carbocycles. The second-order valence-electron chi connectivity index (χ2n) is 2.91. The second-order valence-corrected chi connectivity index (χ2v) is 7.79. The average molecular weight is 325 g/mol. The first-order valence-electron chi connectivity index (χ1n) is 4.41. The van der Waals surface area contributed by atoms with Gasteiger partial charge in [0.1, 0.15) is 3.79 Å². The number of carbonyl (C=O) groups excluding carboxylic acids is 1. The highest BCUT2D eigenvalue weighted by Gasteiger charge is 2.21. The van der Waals surface area contributed by atoms with Crippen molar-refractivity contribution in [2.24, 2.45) is 0 Å². The van der Waals surface area contributed by atoms with Gasteiger partial charge in [-0.25, -0.2) is 4.98 Å². The zero-order chi connectivity index (χ0) is 10.7. The molecule has 0 unspecified atom stereocenters. The smallest absolute Gasteiger partial charge is 0.274 e. The molecular formula is C8H9BrN2OS3. The maximum absolute atomic E-state index is 12.1. The maximum atomic E-state index is 12.1. The first-order valence-corrected chi connectivity index (χ1v) is 8.58. The van der Waals surface area contributed by atoms with Crippen LogP contribution in [0.25, 0.3) is 0 Å². The van der Waals surface area contributed by atoms with Crippen LogP contribution in [-0.2, 0) is 0 Å². The van der Waals surface area contributed by atoms with Crippen LogP contribution in [0.15, 0.2) is 9.30 Å². The summed E-state index contributed by atoms with van der Waals surface area (Å²) in [5.41, 5.74) is 2.25. The quantitative estimate of drug-likeness (QED) is 0.744. The third-order valence-electron chi connectivity index (χ3n) is 1.99. The Morgan fingerprint density at radius 1 is 1.40 bits per heavy atom. The summed E-state index contributed by atoms with van der Waals surface area (Å²) in [6.07, 6.45) is 0. The monoisotopic (exact) mass is 324 g/mol. The molecule has 0 bridgehead atoms. The Hall–Kier alpha value is 0.280. The van der Waals surface area contributed by atoms with Gasteiger partial charge in [-0.3, -0.25) is 4.79 Å². The van der Waals surface area contributed by atoms with E-state index in [1.165, 1.54) is 11.3 Å². The molecule has 1 saturated heterocycles. The van der Waals surface area contributed by atoms with Crippen LogP contribution in [0.3, 0.4) is 0 Å². The van der Waals surface area contributed by atoms with E-state index in [1.54, 1.807) is 5.51 Å². The van der Waals surface area contributed by atoms with Crippen molar-refractivity contribution in [2.75, 3.05) is 24.6 Å². The zero-order valence-electron chi connectivity index (χ0n) is 7.81. The molecule has 0 aromatic carbocycles. The van der Waals surface area contributed by atoms with E-state index in [9.17, 15) is 4.79 Å². The van der Waals surface area contributed by atoms with Crippen LogP contribution in [0.1, 0.15) is 10.5 Å². The zero-order valence-corrected chi connectivity index (χ0v) is 11.8. The Morgan fingerprint density at radius 2 is 2.07 bits per heavy atom. The van der Waals surface area contributed by atoms with Crippen molar-refractivity contribution in [3.63, 3.8) is 0 Å². The van der Waals surface area contributed by atoms with Gasteiger partial charge in [-0.2, -0.15) is 0 Å². The van der Waals surface area contributed by atoms with Gasteiger partial charge in [-0.15, -0.1) is 11.3 Å². The molecule has 1 aromatic heterocycles. The molecule has 0 spiro atoms. The maximum Gasteiger partial charge on any atom is 0.274 e. The van der Waals surface area contributed by atoms with Crippen molar-refractivity contribution in [3.8, 4) is 0 Å². The van der Waals surface area contributed by atoms with E-state index in [0.29, 0.717) is 5.69 Å². The van der Waals surface area contributed by atoms with Crippen LogP contribution in [-0.4, -0.2) is 40.4 Å². The SMILES string of the molecule is O=C(c1ncsc1Br)N1CCSSCC1. The summed E-state index contributed by atoms with van der Waals surface area (Å²) >= 11 is 4.80. The number of aromatic nitrogens is 1. The minimum Gasteiger partial charge on any atom is -0.336 e. The molecule has 7 heteroatoms. The molecule has 82 valence electrons. The van der Waals surface area contributed by atoms with Gasteiger partial charge in [0.25, 0.3) is 5.91 Å². The molecular weight excluding hydrogens is 316 g/mol.